The molecule has 5 heteroatoms. The van der Waals surface area contributed by atoms with Gasteiger partial charge in [-0.3, -0.25) is 0 Å². The Bertz CT molecular complexity index is 385. The average Bonchev–Trinajstić information content (AvgIpc) is 2.24. The van der Waals surface area contributed by atoms with Gasteiger partial charge in [-0.1, -0.05) is 12.2 Å². The largest absolute Gasteiger partial charge is 0.497 e. The second-order valence-electron chi connectivity index (χ2n) is 3.08. The summed E-state index contributed by atoms with van der Waals surface area (Å²) in [5.74, 6) is 0.659. The van der Waals surface area contributed by atoms with Crippen molar-refractivity contribution in [3.05, 3.63) is 35.4 Å². The number of hydrogen-bond donors (Lipinski definition) is 1. The number of methoxy groups -OCH3 is 1. The number of benzene rings is 1. The second-order valence-corrected chi connectivity index (χ2v) is 3.44. The van der Waals surface area contributed by atoms with Crippen LogP contribution in [0.15, 0.2) is 24.3 Å². The van der Waals surface area contributed by atoms with Gasteiger partial charge in [0.2, 0.25) is 0 Å². The van der Waals surface area contributed by atoms with Gasteiger partial charge in [0.25, 0.3) is 0 Å². The molecule has 0 aliphatic heterocycles. The molecule has 0 heterocycles. The maximum Gasteiger partial charge on any atom is 0.416 e. The molecule has 0 saturated carbocycles. The highest BCUT2D eigenvalue weighted by Crippen LogP contribution is 2.32. The van der Waals surface area contributed by atoms with E-state index in [0.29, 0.717) is 11.3 Å². The first-order chi connectivity index (χ1) is 7.47. The lowest BCUT2D eigenvalue weighted by Crippen LogP contribution is -2.05. The van der Waals surface area contributed by atoms with E-state index >= 15 is 0 Å². The molecule has 16 heavy (non-hydrogen) atoms. The van der Waals surface area contributed by atoms with Crippen molar-refractivity contribution >= 4 is 18.7 Å². The van der Waals surface area contributed by atoms with Crippen LogP contribution in [-0.4, -0.2) is 12.9 Å². The van der Waals surface area contributed by atoms with Gasteiger partial charge in [0.1, 0.15) is 5.75 Å². The minimum atomic E-state index is -4.36. The lowest BCUT2D eigenvalue weighted by molar-refractivity contribution is -0.137. The maximum atomic E-state index is 12.5. The highest BCUT2D eigenvalue weighted by molar-refractivity contribution is 7.80. The molecule has 0 saturated heterocycles. The van der Waals surface area contributed by atoms with Crippen molar-refractivity contribution in [3.8, 4) is 5.75 Å². The molecule has 88 valence electrons. The zero-order chi connectivity index (χ0) is 12.2. The number of alkyl halides is 3. The van der Waals surface area contributed by atoms with E-state index in [1.54, 1.807) is 12.2 Å². The summed E-state index contributed by atoms with van der Waals surface area (Å²) in [7, 11) is 1.33. The first-order valence-electron chi connectivity index (χ1n) is 4.51. The Morgan fingerprint density at radius 3 is 2.50 bits per heavy atom. The third-order valence-corrected chi connectivity index (χ3v) is 2.12. The fourth-order valence-corrected chi connectivity index (χ4v) is 1.29. The fourth-order valence-electron chi connectivity index (χ4n) is 1.19. The molecule has 0 amide bonds. The fraction of sp³-hybridized carbons (Fsp3) is 0.273. The van der Waals surface area contributed by atoms with Crippen LogP contribution in [0.5, 0.6) is 5.75 Å². The van der Waals surface area contributed by atoms with E-state index in [9.17, 15) is 13.2 Å². The molecule has 1 rings (SSSR count). The Balaban J connectivity index is 3.16. The summed E-state index contributed by atoms with van der Waals surface area (Å²) >= 11 is 3.94. The SMILES string of the molecule is COc1cc(C=CCS)cc(C(F)(F)F)c1. The molecule has 1 nitrogen and oxygen atoms in total. The third-order valence-electron chi connectivity index (χ3n) is 1.91. The molecule has 0 N–H and O–H groups in total. The van der Waals surface area contributed by atoms with Gasteiger partial charge in [-0.15, -0.1) is 0 Å². The maximum absolute atomic E-state index is 12.5. The van der Waals surface area contributed by atoms with E-state index in [4.69, 9.17) is 4.74 Å². The Morgan fingerprint density at radius 2 is 2.00 bits per heavy atom. The molecular weight excluding hydrogens is 237 g/mol. The van der Waals surface area contributed by atoms with E-state index in [-0.39, 0.29) is 5.75 Å². The Hall–Kier alpha value is -1.10. The summed E-state index contributed by atoms with van der Waals surface area (Å²) in [6, 6.07) is 3.58. The summed E-state index contributed by atoms with van der Waals surface area (Å²) in [6.07, 6.45) is -1.12. The topological polar surface area (TPSA) is 9.23 Å². The Kier molecular flexibility index (Phi) is 4.29. The summed E-state index contributed by atoms with van der Waals surface area (Å²) in [5.41, 5.74) is -0.272. The highest BCUT2D eigenvalue weighted by Gasteiger charge is 2.31. The van der Waals surface area contributed by atoms with Crippen LogP contribution in [-0.2, 0) is 6.18 Å². The van der Waals surface area contributed by atoms with Crippen LogP contribution in [0.25, 0.3) is 6.08 Å². The van der Waals surface area contributed by atoms with Gasteiger partial charge in [0.15, 0.2) is 0 Å². The van der Waals surface area contributed by atoms with Crippen molar-refractivity contribution in [2.75, 3.05) is 12.9 Å². The molecular formula is C11H11F3OS. The van der Waals surface area contributed by atoms with Crippen molar-refractivity contribution in [1.82, 2.24) is 0 Å². The Labute approximate surface area is 97.3 Å². The van der Waals surface area contributed by atoms with E-state index in [2.05, 4.69) is 12.6 Å². The molecule has 1 aromatic rings. The summed E-state index contributed by atoms with van der Waals surface area (Å²) in [4.78, 5) is 0. The quantitative estimate of drug-likeness (QED) is 0.803. The van der Waals surface area contributed by atoms with Gasteiger partial charge in [-0.2, -0.15) is 25.8 Å². The molecule has 0 spiro atoms. The number of ether oxygens (including phenoxy) is 1. The predicted octanol–water partition coefficient (Wildman–Crippen LogP) is 3.66. The second kappa shape index (κ2) is 5.30. The van der Waals surface area contributed by atoms with Crippen LogP contribution in [0.4, 0.5) is 13.2 Å². The third kappa shape index (κ3) is 3.48. The van der Waals surface area contributed by atoms with Crippen LogP contribution in [0.3, 0.4) is 0 Å². The van der Waals surface area contributed by atoms with Crippen LogP contribution in [0.1, 0.15) is 11.1 Å². The molecule has 0 fully saturated rings. The standard InChI is InChI=1S/C11H11F3OS/c1-15-10-6-8(3-2-4-16)5-9(7-10)11(12,13)14/h2-3,5-7,16H,4H2,1H3. The van der Waals surface area contributed by atoms with E-state index in [0.717, 1.165) is 12.1 Å². The summed E-state index contributed by atoms with van der Waals surface area (Å²) < 4.78 is 42.4. The molecule has 0 unspecified atom stereocenters. The number of halogens is 3. The molecule has 0 radical (unpaired) electrons. The summed E-state index contributed by atoms with van der Waals surface area (Å²) in [5, 5.41) is 0. The van der Waals surface area contributed by atoms with Gasteiger partial charge < -0.3 is 4.74 Å². The van der Waals surface area contributed by atoms with Crippen molar-refractivity contribution in [2.24, 2.45) is 0 Å². The van der Waals surface area contributed by atoms with Crippen LogP contribution in [0, 0.1) is 0 Å². The summed E-state index contributed by atoms with van der Waals surface area (Å²) in [6.45, 7) is 0. The smallest absolute Gasteiger partial charge is 0.416 e. The van der Waals surface area contributed by atoms with E-state index in [1.807, 2.05) is 0 Å². The minimum absolute atomic E-state index is 0.189. The van der Waals surface area contributed by atoms with Crippen molar-refractivity contribution in [3.63, 3.8) is 0 Å². The van der Waals surface area contributed by atoms with Crippen LogP contribution < -0.4 is 4.74 Å². The minimum Gasteiger partial charge on any atom is -0.497 e. The Morgan fingerprint density at radius 1 is 1.31 bits per heavy atom. The van der Waals surface area contributed by atoms with Gasteiger partial charge in [-0.25, -0.2) is 0 Å². The predicted molar refractivity (Wildman–Crippen MR) is 60.9 cm³/mol. The van der Waals surface area contributed by atoms with E-state index in [1.165, 1.54) is 13.2 Å². The molecule has 0 aromatic heterocycles. The van der Waals surface area contributed by atoms with Crippen molar-refractivity contribution in [1.29, 1.82) is 0 Å². The lowest BCUT2D eigenvalue weighted by Gasteiger charge is -2.09. The number of thiol groups is 1. The highest BCUT2D eigenvalue weighted by atomic mass is 32.1. The molecule has 0 aliphatic carbocycles. The van der Waals surface area contributed by atoms with E-state index < -0.39 is 11.7 Å². The normalized spacial score (nSPS) is 12.1. The zero-order valence-electron chi connectivity index (χ0n) is 8.58. The van der Waals surface area contributed by atoms with Gasteiger partial charge >= 0.3 is 6.18 Å². The number of hydrogen-bond acceptors (Lipinski definition) is 2. The van der Waals surface area contributed by atoms with Crippen molar-refractivity contribution in [2.45, 2.75) is 6.18 Å². The van der Waals surface area contributed by atoms with Crippen molar-refractivity contribution < 1.29 is 17.9 Å². The molecule has 0 atom stereocenters. The number of rotatable bonds is 3. The zero-order valence-corrected chi connectivity index (χ0v) is 9.48. The van der Waals surface area contributed by atoms with Gasteiger partial charge in [0, 0.05) is 5.75 Å². The first kappa shape index (κ1) is 13.0. The molecule has 0 bridgehead atoms. The average molecular weight is 248 g/mol. The van der Waals surface area contributed by atoms with Crippen LogP contribution in [0.2, 0.25) is 0 Å². The molecule has 0 aliphatic rings. The molecule has 1 aromatic carbocycles. The van der Waals surface area contributed by atoms with Gasteiger partial charge in [-0.05, 0) is 23.8 Å². The lowest BCUT2D eigenvalue weighted by atomic mass is 10.1. The van der Waals surface area contributed by atoms with Gasteiger partial charge in [0.05, 0.1) is 12.7 Å². The monoisotopic (exact) mass is 248 g/mol. The van der Waals surface area contributed by atoms with Crippen LogP contribution >= 0.6 is 12.6 Å². The first-order valence-corrected chi connectivity index (χ1v) is 5.14.